The number of ether oxygens (including phenoxy) is 2. The number of hydrogen-bond acceptors (Lipinski definition) is 7. The Morgan fingerprint density at radius 2 is 1.66 bits per heavy atom. The molecule has 5 rings (SSSR count). The van der Waals surface area contributed by atoms with Crippen LogP contribution in [0.15, 0.2) is 80.8 Å². The number of methoxy groups -OCH3 is 2. The van der Waals surface area contributed by atoms with E-state index in [-0.39, 0.29) is 5.56 Å². The highest BCUT2D eigenvalue weighted by molar-refractivity contribution is 5.80. The highest BCUT2D eigenvalue weighted by Crippen LogP contribution is 2.31. The Morgan fingerprint density at radius 1 is 0.927 bits per heavy atom. The smallest absolute Gasteiger partial charge is 0.439 e. The Morgan fingerprint density at radius 3 is 2.32 bits per heavy atom. The van der Waals surface area contributed by atoms with Gasteiger partial charge in [-0.1, -0.05) is 67.0 Å². The van der Waals surface area contributed by atoms with Crippen molar-refractivity contribution in [2.45, 2.75) is 39.5 Å². The molecule has 0 amide bonds. The van der Waals surface area contributed by atoms with Gasteiger partial charge in [0.2, 0.25) is 0 Å². The fourth-order valence-electron chi connectivity index (χ4n) is 5.01. The van der Waals surface area contributed by atoms with Crippen molar-refractivity contribution in [3.8, 4) is 39.7 Å². The van der Waals surface area contributed by atoms with Crippen LogP contribution in [0.4, 0.5) is 0 Å². The Hall–Kier alpha value is -4.92. The zero-order valence-corrected chi connectivity index (χ0v) is 23.6. The van der Waals surface area contributed by atoms with Gasteiger partial charge in [-0.05, 0) is 48.6 Å². The van der Waals surface area contributed by atoms with Gasteiger partial charge in [0.05, 0.1) is 25.6 Å². The van der Waals surface area contributed by atoms with Crippen molar-refractivity contribution in [3.63, 3.8) is 0 Å². The number of aromatic nitrogens is 4. The van der Waals surface area contributed by atoms with Gasteiger partial charge in [0.1, 0.15) is 5.82 Å². The molecule has 3 aromatic carbocycles. The topological polar surface area (TPSA) is 112 Å². The van der Waals surface area contributed by atoms with Crippen LogP contribution >= 0.6 is 0 Å². The second-order valence-corrected chi connectivity index (χ2v) is 9.73. The summed E-state index contributed by atoms with van der Waals surface area (Å²) >= 11 is 0. The number of H-pyrrole nitrogens is 1. The Kier molecular flexibility index (Phi) is 8.14. The molecule has 2 heterocycles. The fraction of sp³-hybridized carbons (Fsp3) is 0.250. The van der Waals surface area contributed by atoms with Crippen LogP contribution in [0.1, 0.15) is 42.4 Å². The van der Waals surface area contributed by atoms with Crippen LogP contribution < -0.4 is 20.8 Å². The number of benzene rings is 3. The van der Waals surface area contributed by atoms with Crippen LogP contribution in [-0.4, -0.2) is 33.9 Å². The zero-order chi connectivity index (χ0) is 28.9. The SMILES string of the molecule is CCCCc1nc(C)n(-c2ccc(OC)c(OC)c2)c(=O)c1Cc1ccc(-c2ccccc2-c2noc(=O)[nH]2)cc1. The number of unbranched alkanes of at least 4 members (excludes halogenated alkanes) is 1. The average molecular weight is 553 g/mol. The molecule has 0 bridgehead atoms. The van der Waals surface area contributed by atoms with E-state index in [9.17, 15) is 9.59 Å². The highest BCUT2D eigenvalue weighted by Gasteiger charge is 2.18. The first kappa shape index (κ1) is 27.6. The average Bonchev–Trinajstić information content (AvgIpc) is 3.44. The molecule has 0 aliphatic carbocycles. The second kappa shape index (κ2) is 12.1. The molecule has 0 atom stereocenters. The summed E-state index contributed by atoms with van der Waals surface area (Å²) in [6, 6.07) is 21.1. The standard InChI is InChI=1S/C32H32N4O5/c1-5-6-11-27-26(31(37)36(20(2)33-27)23-16-17-28(39-3)29(19-23)40-4)18-21-12-14-22(15-13-21)24-9-7-8-10-25(24)30-34-32(38)41-35-30/h7-10,12-17,19H,5-6,11,18H2,1-4H3,(H,34,35,38). The summed E-state index contributed by atoms with van der Waals surface area (Å²) in [6.45, 7) is 3.98. The van der Waals surface area contributed by atoms with E-state index in [4.69, 9.17) is 19.0 Å². The van der Waals surface area contributed by atoms with Gasteiger partial charge in [-0.25, -0.2) is 9.78 Å². The third kappa shape index (κ3) is 5.70. The van der Waals surface area contributed by atoms with E-state index in [1.54, 1.807) is 30.9 Å². The van der Waals surface area contributed by atoms with E-state index in [1.165, 1.54) is 0 Å². The molecule has 1 N–H and O–H groups in total. The molecule has 0 unspecified atom stereocenters. The van der Waals surface area contributed by atoms with Crippen LogP contribution in [0.5, 0.6) is 11.5 Å². The van der Waals surface area contributed by atoms with Gasteiger partial charge in [-0.2, -0.15) is 0 Å². The summed E-state index contributed by atoms with van der Waals surface area (Å²) in [6.07, 6.45) is 3.12. The zero-order valence-electron chi connectivity index (χ0n) is 23.6. The van der Waals surface area contributed by atoms with E-state index in [0.29, 0.717) is 40.8 Å². The number of rotatable bonds is 10. The molecule has 0 radical (unpaired) electrons. The second-order valence-electron chi connectivity index (χ2n) is 9.73. The maximum atomic E-state index is 14.0. The quantitative estimate of drug-likeness (QED) is 0.243. The summed E-state index contributed by atoms with van der Waals surface area (Å²) in [7, 11) is 3.15. The predicted molar refractivity (Wildman–Crippen MR) is 157 cm³/mol. The lowest BCUT2D eigenvalue weighted by Crippen LogP contribution is -2.28. The predicted octanol–water partition coefficient (Wildman–Crippen LogP) is 5.50. The van der Waals surface area contributed by atoms with Gasteiger partial charge in [-0.15, -0.1) is 0 Å². The van der Waals surface area contributed by atoms with Crippen LogP contribution in [-0.2, 0) is 12.8 Å². The van der Waals surface area contributed by atoms with Crippen LogP contribution in [0, 0.1) is 6.92 Å². The maximum absolute atomic E-state index is 14.0. The lowest BCUT2D eigenvalue weighted by molar-refractivity contribution is 0.355. The van der Waals surface area contributed by atoms with Gasteiger partial charge in [0, 0.05) is 23.6 Å². The molecule has 0 fully saturated rings. The van der Waals surface area contributed by atoms with Crippen LogP contribution in [0.3, 0.4) is 0 Å². The molecular formula is C32H32N4O5. The fourth-order valence-corrected chi connectivity index (χ4v) is 5.01. The minimum absolute atomic E-state index is 0.0970. The van der Waals surface area contributed by atoms with Crippen LogP contribution in [0.25, 0.3) is 28.2 Å². The third-order valence-corrected chi connectivity index (χ3v) is 7.09. The normalized spacial score (nSPS) is 11.0. The Bertz CT molecular complexity index is 1780. The van der Waals surface area contributed by atoms with Crippen molar-refractivity contribution < 1.29 is 14.0 Å². The van der Waals surface area contributed by atoms with Crippen molar-refractivity contribution in [2.75, 3.05) is 14.2 Å². The number of nitrogens with one attached hydrogen (secondary N) is 1. The van der Waals surface area contributed by atoms with Gasteiger partial charge in [-0.3, -0.25) is 18.9 Å². The lowest BCUT2D eigenvalue weighted by atomic mass is 9.96. The Balaban J connectivity index is 1.53. The largest absolute Gasteiger partial charge is 0.493 e. The number of aryl methyl sites for hydroxylation is 2. The summed E-state index contributed by atoms with van der Waals surface area (Å²) in [5.41, 5.74) is 5.67. The minimum Gasteiger partial charge on any atom is -0.493 e. The van der Waals surface area contributed by atoms with Crippen molar-refractivity contribution in [2.24, 2.45) is 0 Å². The van der Waals surface area contributed by atoms with E-state index in [2.05, 4.69) is 17.1 Å². The van der Waals surface area contributed by atoms with Gasteiger partial charge >= 0.3 is 5.76 Å². The monoisotopic (exact) mass is 552 g/mol. The molecule has 9 heteroatoms. The summed E-state index contributed by atoms with van der Waals surface area (Å²) in [5, 5.41) is 3.85. The molecule has 0 spiro atoms. The number of nitrogens with zero attached hydrogens (tertiary/aromatic N) is 3. The first-order valence-electron chi connectivity index (χ1n) is 13.5. The van der Waals surface area contributed by atoms with Crippen LogP contribution in [0.2, 0.25) is 0 Å². The van der Waals surface area contributed by atoms with Gasteiger partial charge in [0.15, 0.2) is 17.3 Å². The molecule has 41 heavy (non-hydrogen) atoms. The third-order valence-electron chi connectivity index (χ3n) is 7.09. The molecule has 210 valence electrons. The van der Waals surface area contributed by atoms with E-state index in [1.807, 2.05) is 61.5 Å². The molecule has 0 saturated carbocycles. The Labute approximate surface area is 237 Å². The number of hydrogen-bond donors (Lipinski definition) is 1. The van der Waals surface area contributed by atoms with E-state index >= 15 is 0 Å². The highest BCUT2D eigenvalue weighted by atomic mass is 16.5. The maximum Gasteiger partial charge on any atom is 0.439 e. The minimum atomic E-state index is -0.602. The number of aromatic amines is 1. The summed E-state index contributed by atoms with van der Waals surface area (Å²) in [4.78, 5) is 33.1. The molecule has 9 nitrogen and oxygen atoms in total. The van der Waals surface area contributed by atoms with Crippen molar-refractivity contribution in [1.82, 2.24) is 19.7 Å². The molecule has 0 saturated heterocycles. The summed E-state index contributed by atoms with van der Waals surface area (Å²) in [5.74, 6) is 1.52. The first-order valence-corrected chi connectivity index (χ1v) is 13.5. The van der Waals surface area contributed by atoms with Crippen molar-refractivity contribution >= 4 is 0 Å². The molecular weight excluding hydrogens is 520 g/mol. The van der Waals surface area contributed by atoms with E-state index in [0.717, 1.165) is 47.2 Å². The first-order chi connectivity index (χ1) is 19.9. The summed E-state index contributed by atoms with van der Waals surface area (Å²) < 4.78 is 17.2. The van der Waals surface area contributed by atoms with E-state index < -0.39 is 5.76 Å². The van der Waals surface area contributed by atoms with Crippen molar-refractivity contribution in [3.05, 3.63) is 110 Å². The molecule has 0 aliphatic rings. The van der Waals surface area contributed by atoms with Gasteiger partial charge < -0.3 is 9.47 Å². The lowest BCUT2D eigenvalue weighted by Gasteiger charge is -2.17. The molecule has 2 aromatic heterocycles. The molecule has 0 aliphatic heterocycles. The van der Waals surface area contributed by atoms with Gasteiger partial charge in [0.25, 0.3) is 5.56 Å². The van der Waals surface area contributed by atoms with Crippen molar-refractivity contribution in [1.29, 1.82) is 0 Å². The molecule has 5 aromatic rings.